The van der Waals surface area contributed by atoms with Crippen molar-refractivity contribution in [2.24, 2.45) is 0 Å². The van der Waals surface area contributed by atoms with E-state index in [1.165, 1.54) is 3.97 Å². The molecule has 0 fully saturated rings. The molecule has 2 aromatic carbocycles. The Balaban J connectivity index is 1.68. The van der Waals surface area contributed by atoms with E-state index in [1.54, 1.807) is 32.4 Å². The molecule has 0 radical (unpaired) electrons. The van der Waals surface area contributed by atoms with Crippen molar-refractivity contribution < 1.29 is 17.9 Å². The highest BCUT2D eigenvalue weighted by molar-refractivity contribution is 7.91. The highest BCUT2D eigenvalue weighted by atomic mass is 32.2. The van der Waals surface area contributed by atoms with Crippen LogP contribution < -0.4 is 0 Å². The molecule has 5 rings (SSSR count). The maximum absolute atomic E-state index is 14.2. The van der Waals surface area contributed by atoms with Crippen molar-refractivity contribution >= 4 is 40.0 Å². The molecule has 0 saturated carbocycles. The third-order valence-corrected chi connectivity index (χ3v) is 12.7. The second-order valence-electron chi connectivity index (χ2n) is 13.4. The van der Waals surface area contributed by atoms with Gasteiger partial charge in [0.2, 0.25) is 10.0 Å². The molecule has 10 heteroatoms. The molecule has 2 atom stereocenters. The van der Waals surface area contributed by atoms with Crippen LogP contribution in [-0.4, -0.2) is 48.5 Å². The van der Waals surface area contributed by atoms with Gasteiger partial charge in [0.1, 0.15) is 22.9 Å². The number of hydrogen-bond acceptors (Lipinski definition) is 6. The number of aromatic nitrogens is 3. The highest BCUT2D eigenvalue weighted by Crippen LogP contribution is 2.41. The number of nitriles is 1. The van der Waals surface area contributed by atoms with E-state index in [4.69, 9.17) is 14.5 Å². The average molecular weight is 631 g/mol. The number of benzene rings is 2. The smallest absolute Gasteiger partial charge is 0.248 e. The van der Waals surface area contributed by atoms with Gasteiger partial charge in [0.15, 0.2) is 0 Å². The molecule has 1 aliphatic rings. The lowest BCUT2D eigenvalue weighted by Gasteiger charge is -2.31. The molecule has 2 aromatic heterocycles. The van der Waals surface area contributed by atoms with E-state index in [0.717, 1.165) is 33.6 Å². The molecular formula is C34H42N4O4SSi. The zero-order valence-corrected chi connectivity index (χ0v) is 28.7. The van der Waals surface area contributed by atoms with Crippen molar-refractivity contribution in [3.05, 3.63) is 88.9 Å². The Hall–Kier alpha value is -3.49. The molecular weight excluding hydrogens is 589 g/mol. The van der Waals surface area contributed by atoms with Crippen molar-refractivity contribution in [2.45, 2.75) is 76.9 Å². The zero-order valence-electron chi connectivity index (χ0n) is 26.9. The standard InChI is InChI=1S/C34H42N4O4SSi/c1-24-10-9-16-33(3,21-24)43(39,40)38-17-15-27-28(13-11-25(2)31(27)38)34(4,41-5)32-36-29-20-26(22-35)12-14-30(29)37(32)23-42-18-19-44(6,7)8/h9-15,17,20-21H,16,18-19,23H2,1-8H3. The largest absolute Gasteiger partial charge is 0.366 e. The molecule has 4 aromatic rings. The van der Waals surface area contributed by atoms with Crippen molar-refractivity contribution in [2.75, 3.05) is 13.7 Å². The Morgan fingerprint density at radius 3 is 2.57 bits per heavy atom. The Labute approximate surface area is 261 Å². The molecule has 0 amide bonds. The summed E-state index contributed by atoms with van der Waals surface area (Å²) in [6.45, 7) is 15.4. The van der Waals surface area contributed by atoms with Crippen LogP contribution in [0.2, 0.25) is 25.7 Å². The number of methoxy groups -OCH3 is 1. The summed E-state index contributed by atoms with van der Waals surface area (Å²) in [6, 6.07) is 14.5. The summed E-state index contributed by atoms with van der Waals surface area (Å²) >= 11 is 0. The van der Waals surface area contributed by atoms with E-state index in [0.29, 0.717) is 35.4 Å². The molecule has 44 heavy (non-hydrogen) atoms. The van der Waals surface area contributed by atoms with Crippen LogP contribution in [0.4, 0.5) is 0 Å². The van der Waals surface area contributed by atoms with E-state index >= 15 is 0 Å². The van der Waals surface area contributed by atoms with E-state index in [2.05, 4.69) is 25.7 Å². The van der Waals surface area contributed by atoms with Gasteiger partial charge in [0.25, 0.3) is 0 Å². The first kappa shape index (κ1) is 31.9. The first-order valence-corrected chi connectivity index (χ1v) is 20.1. The number of imidazole rings is 1. The Morgan fingerprint density at radius 2 is 1.91 bits per heavy atom. The molecule has 0 bridgehead atoms. The molecule has 0 spiro atoms. The molecule has 2 heterocycles. The van der Waals surface area contributed by atoms with Crippen molar-refractivity contribution in [1.82, 2.24) is 13.5 Å². The number of hydrogen-bond donors (Lipinski definition) is 0. The van der Waals surface area contributed by atoms with Gasteiger partial charge < -0.3 is 14.0 Å². The van der Waals surface area contributed by atoms with Crippen LogP contribution in [0.25, 0.3) is 21.9 Å². The summed E-state index contributed by atoms with van der Waals surface area (Å²) in [5, 5.41) is 10.3. The van der Waals surface area contributed by atoms with Crippen LogP contribution in [0.1, 0.15) is 49.7 Å². The fourth-order valence-corrected chi connectivity index (χ4v) is 8.58. The number of fused-ring (bicyclic) bond motifs is 2. The quantitative estimate of drug-likeness (QED) is 0.135. The van der Waals surface area contributed by atoms with Gasteiger partial charge in [-0.25, -0.2) is 17.4 Å². The Morgan fingerprint density at radius 1 is 1.16 bits per heavy atom. The summed E-state index contributed by atoms with van der Waals surface area (Å²) in [5.74, 6) is 0.613. The van der Waals surface area contributed by atoms with Gasteiger partial charge in [0, 0.05) is 38.9 Å². The van der Waals surface area contributed by atoms with E-state index in [1.807, 2.05) is 67.8 Å². The third kappa shape index (κ3) is 5.47. The molecule has 2 unspecified atom stereocenters. The minimum atomic E-state index is -3.82. The fraction of sp³-hybridized carbons (Fsp3) is 0.412. The van der Waals surface area contributed by atoms with E-state index < -0.39 is 28.4 Å². The maximum Gasteiger partial charge on any atom is 0.248 e. The molecule has 232 valence electrons. The van der Waals surface area contributed by atoms with Gasteiger partial charge in [-0.15, -0.1) is 0 Å². The van der Waals surface area contributed by atoms with E-state index in [-0.39, 0.29) is 6.73 Å². The molecule has 0 N–H and O–H groups in total. The topological polar surface area (TPSA) is 99.1 Å². The predicted octanol–water partition coefficient (Wildman–Crippen LogP) is 7.24. The van der Waals surface area contributed by atoms with Crippen LogP contribution in [0.5, 0.6) is 0 Å². The summed E-state index contributed by atoms with van der Waals surface area (Å²) in [4.78, 5) is 5.02. The van der Waals surface area contributed by atoms with Crippen molar-refractivity contribution in [3.63, 3.8) is 0 Å². The van der Waals surface area contributed by atoms with Crippen molar-refractivity contribution in [3.8, 4) is 6.07 Å². The predicted molar refractivity (Wildman–Crippen MR) is 179 cm³/mol. The number of rotatable bonds is 10. The SMILES string of the molecule is COC(C)(c1ccc(C)c2c1ccn2S(=O)(=O)C1(C)C=C(C)C=CC1)c1nc2cc(C#N)ccc2n1COCC[Si](C)(C)C. The van der Waals surface area contributed by atoms with Crippen LogP contribution in [-0.2, 0) is 31.8 Å². The number of aryl methyl sites for hydroxylation is 1. The normalized spacial score (nSPS) is 18.8. The number of ether oxygens (including phenoxy) is 2. The van der Waals surface area contributed by atoms with Crippen molar-refractivity contribution in [1.29, 1.82) is 5.26 Å². The molecule has 0 saturated heterocycles. The van der Waals surface area contributed by atoms with Gasteiger partial charge >= 0.3 is 0 Å². The third-order valence-electron chi connectivity index (χ3n) is 8.74. The lowest BCUT2D eigenvalue weighted by molar-refractivity contribution is 0.0188. The molecule has 1 aliphatic carbocycles. The Kier molecular flexibility index (Phi) is 8.31. The first-order valence-electron chi connectivity index (χ1n) is 14.9. The number of allylic oxidation sites excluding steroid dienone is 3. The second-order valence-corrected chi connectivity index (χ2v) is 21.3. The minimum Gasteiger partial charge on any atom is -0.366 e. The summed E-state index contributed by atoms with van der Waals surface area (Å²) in [7, 11) is -3.48. The monoisotopic (exact) mass is 630 g/mol. The summed E-state index contributed by atoms with van der Waals surface area (Å²) < 4.78 is 43.4. The zero-order chi connectivity index (χ0) is 32.1. The molecule has 0 aliphatic heterocycles. The van der Waals surface area contributed by atoms with Gasteiger partial charge in [-0.05, 0) is 70.0 Å². The van der Waals surface area contributed by atoms with Gasteiger partial charge in [-0.2, -0.15) is 5.26 Å². The summed E-state index contributed by atoms with van der Waals surface area (Å²) in [6.07, 6.45) is 7.77. The first-order chi connectivity index (χ1) is 20.6. The van der Waals surface area contributed by atoms with Gasteiger partial charge in [-0.3, -0.25) is 0 Å². The summed E-state index contributed by atoms with van der Waals surface area (Å²) in [5.41, 5.74) is 4.11. The fourth-order valence-electron chi connectivity index (χ4n) is 6.03. The average Bonchev–Trinajstić information content (AvgIpc) is 3.57. The highest BCUT2D eigenvalue weighted by Gasteiger charge is 2.41. The Bertz CT molecular complexity index is 1960. The lowest BCUT2D eigenvalue weighted by Crippen LogP contribution is -2.38. The lowest BCUT2D eigenvalue weighted by atomic mass is 9.90. The number of nitrogens with zero attached hydrogens (tertiary/aromatic N) is 4. The molecule has 8 nitrogen and oxygen atoms in total. The van der Waals surface area contributed by atoms with E-state index in [9.17, 15) is 13.7 Å². The van der Waals surface area contributed by atoms with Gasteiger partial charge in [0.05, 0.1) is 28.2 Å². The van der Waals surface area contributed by atoms with Crippen LogP contribution >= 0.6 is 0 Å². The van der Waals surface area contributed by atoms with Gasteiger partial charge in [-0.1, -0.05) is 55.6 Å². The second kappa shape index (κ2) is 11.5. The minimum absolute atomic E-state index is 0.267. The van der Waals surface area contributed by atoms with Crippen LogP contribution in [0.15, 0.2) is 66.4 Å². The maximum atomic E-state index is 14.2. The van der Waals surface area contributed by atoms with Crippen LogP contribution in [0, 0.1) is 18.3 Å². The van der Waals surface area contributed by atoms with Crippen LogP contribution in [0.3, 0.4) is 0 Å².